The third-order valence-electron chi connectivity index (χ3n) is 8.43. The number of halogens is 1. The summed E-state index contributed by atoms with van der Waals surface area (Å²) < 4.78 is 6.34. The van der Waals surface area contributed by atoms with Gasteiger partial charge in [0.05, 0.1) is 0 Å². The van der Waals surface area contributed by atoms with Gasteiger partial charge in [-0.05, 0) is 61.6 Å². The van der Waals surface area contributed by atoms with Crippen LogP contribution in [-0.4, -0.2) is 37.0 Å². The molecule has 3 saturated carbocycles. The third kappa shape index (κ3) is 2.91. The molecule has 3 atom stereocenters. The van der Waals surface area contributed by atoms with Gasteiger partial charge in [0, 0.05) is 43.6 Å². The van der Waals surface area contributed by atoms with Gasteiger partial charge in [0.15, 0.2) is 0 Å². The number of amides is 1. The van der Waals surface area contributed by atoms with E-state index in [1.54, 1.807) is 0 Å². The molecular formula is C23H33ClN2O2. The van der Waals surface area contributed by atoms with Crippen LogP contribution in [0.3, 0.4) is 0 Å². The number of likely N-dealkylation sites (tertiary alicyclic amines) is 1. The molecule has 3 aliphatic carbocycles. The van der Waals surface area contributed by atoms with E-state index in [4.69, 9.17) is 10.5 Å². The quantitative estimate of drug-likeness (QED) is 0.821. The molecule has 154 valence electrons. The number of nitrogens with zero attached hydrogens (tertiary/aromatic N) is 1. The summed E-state index contributed by atoms with van der Waals surface area (Å²) in [5, 5.41) is 0. The second kappa shape index (κ2) is 7.30. The van der Waals surface area contributed by atoms with Crippen molar-refractivity contribution in [3.8, 4) is 0 Å². The Balaban J connectivity index is 0.00000192. The van der Waals surface area contributed by atoms with Gasteiger partial charge in [-0.1, -0.05) is 25.0 Å². The van der Waals surface area contributed by atoms with Gasteiger partial charge < -0.3 is 10.5 Å². The highest BCUT2D eigenvalue weighted by Gasteiger charge is 2.57. The van der Waals surface area contributed by atoms with E-state index in [9.17, 15) is 4.79 Å². The summed E-state index contributed by atoms with van der Waals surface area (Å²) in [5.74, 6) is 0.637. The zero-order chi connectivity index (χ0) is 18.6. The van der Waals surface area contributed by atoms with E-state index < -0.39 is 0 Å². The van der Waals surface area contributed by atoms with Crippen LogP contribution in [0.2, 0.25) is 0 Å². The zero-order valence-electron chi connectivity index (χ0n) is 16.9. The van der Waals surface area contributed by atoms with Crippen molar-refractivity contribution in [2.45, 2.75) is 63.0 Å². The number of fused-ring (bicyclic) bond motifs is 2. The monoisotopic (exact) mass is 404 g/mol. The maximum atomic E-state index is 11.7. The molecule has 1 saturated heterocycles. The van der Waals surface area contributed by atoms with Crippen LogP contribution >= 0.6 is 12.4 Å². The molecule has 28 heavy (non-hydrogen) atoms. The van der Waals surface area contributed by atoms with Crippen LogP contribution in [-0.2, 0) is 10.3 Å². The number of hydrogen-bond donors (Lipinski definition) is 1. The Morgan fingerprint density at radius 1 is 1.14 bits per heavy atom. The molecule has 0 unspecified atom stereocenters. The van der Waals surface area contributed by atoms with Crippen molar-refractivity contribution in [3.63, 3.8) is 0 Å². The predicted molar refractivity (Wildman–Crippen MR) is 113 cm³/mol. The van der Waals surface area contributed by atoms with Gasteiger partial charge in [-0.25, -0.2) is 0 Å². The van der Waals surface area contributed by atoms with E-state index in [1.807, 2.05) is 25.3 Å². The fourth-order valence-electron chi connectivity index (χ4n) is 6.89. The van der Waals surface area contributed by atoms with E-state index in [2.05, 4.69) is 11.0 Å². The topological polar surface area (TPSA) is 55.6 Å². The molecule has 5 rings (SSSR count). The molecule has 1 aliphatic heterocycles. The predicted octanol–water partition coefficient (Wildman–Crippen LogP) is 4.11. The summed E-state index contributed by atoms with van der Waals surface area (Å²) in [6.07, 6.45) is 10.9. The fraction of sp³-hybridized carbons (Fsp3) is 0.696. The lowest BCUT2D eigenvalue weighted by molar-refractivity contribution is -0.188. The van der Waals surface area contributed by atoms with E-state index in [1.165, 1.54) is 51.4 Å². The van der Waals surface area contributed by atoms with Crippen LogP contribution in [0.4, 0.5) is 0 Å². The fourth-order valence-corrected chi connectivity index (χ4v) is 6.89. The number of rotatable bonds is 4. The Morgan fingerprint density at radius 2 is 1.82 bits per heavy atom. The Bertz CT molecular complexity index is 726. The maximum absolute atomic E-state index is 11.7. The second-order valence-corrected chi connectivity index (χ2v) is 9.64. The Hall–Kier alpha value is -1.10. The molecule has 2 N–H and O–H groups in total. The van der Waals surface area contributed by atoms with Crippen molar-refractivity contribution < 1.29 is 9.53 Å². The Kier molecular flexibility index (Phi) is 5.26. The van der Waals surface area contributed by atoms with Gasteiger partial charge in [0.2, 0.25) is 5.91 Å². The molecule has 2 bridgehead atoms. The highest BCUT2D eigenvalue weighted by Crippen LogP contribution is 2.59. The summed E-state index contributed by atoms with van der Waals surface area (Å²) in [5.41, 5.74) is 7.76. The average molecular weight is 405 g/mol. The number of carbonyl (C=O) groups excluding carboxylic acids is 1. The van der Waals surface area contributed by atoms with Gasteiger partial charge in [0.1, 0.15) is 5.60 Å². The lowest BCUT2D eigenvalue weighted by Crippen LogP contribution is -2.64. The van der Waals surface area contributed by atoms with Gasteiger partial charge in [-0.15, -0.1) is 12.4 Å². The highest BCUT2D eigenvalue weighted by atomic mass is 35.5. The number of ether oxygens (including phenoxy) is 1. The minimum absolute atomic E-state index is 0. The molecule has 4 fully saturated rings. The molecular weight excluding hydrogens is 372 g/mol. The lowest BCUT2D eigenvalue weighted by atomic mass is 9.53. The third-order valence-corrected chi connectivity index (χ3v) is 8.43. The zero-order valence-corrected chi connectivity index (χ0v) is 17.7. The van der Waals surface area contributed by atoms with Crippen molar-refractivity contribution in [2.24, 2.45) is 23.0 Å². The van der Waals surface area contributed by atoms with Crippen LogP contribution in [0.5, 0.6) is 0 Å². The Labute approximate surface area is 174 Å². The number of hydrogen-bond acceptors (Lipinski definition) is 3. The van der Waals surface area contributed by atoms with E-state index >= 15 is 0 Å². The molecule has 1 amide bonds. The number of methoxy groups -OCH3 is 1. The molecule has 0 radical (unpaired) electrons. The van der Waals surface area contributed by atoms with Crippen LogP contribution in [0.25, 0.3) is 0 Å². The van der Waals surface area contributed by atoms with Crippen LogP contribution in [0.15, 0.2) is 24.3 Å². The molecule has 5 heteroatoms. The largest absolute Gasteiger partial charge is 0.373 e. The number of carbonyl (C=O) groups is 1. The van der Waals surface area contributed by atoms with E-state index in [0.29, 0.717) is 17.4 Å². The van der Waals surface area contributed by atoms with E-state index in [-0.39, 0.29) is 23.9 Å². The molecule has 1 spiro atoms. The minimum Gasteiger partial charge on any atom is -0.373 e. The van der Waals surface area contributed by atoms with Gasteiger partial charge in [-0.2, -0.15) is 0 Å². The highest BCUT2D eigenvalue weighted by molar-refractivity contribution is 5.92. The first-order valence-corrected chi connectivity index (χ1v) is 10.8. The van der Waals surface area contributed by atoms with Gasteiger partial charge in [-0.3, -0.25) is 9.69 Å². The number of piperidine rings is 1. The van der Waals surface area contributed by atoms with Gasteiger partial charge in [0.25, 0.3) is 0 Å². The standard InChI is InChI=1S/C23H32N2O2.ClH/c1-27-23(17-6-2-5-16(11-17)21(24)26)18-7-3-8-19(23)15-25(14-18)20-12-22(13-20)9-4-10-22;/h2,5-6,11,18-20H,3-4,7-10,12-15H2,1H3,(H2,24,26);1H/t18-,19+,23-;. The second-order valence-electron chi connectivity index (χ2n) is 9.64. The minimum atomic E-state index is -0.356. The summed E-state index contributed by atoms with van der Waals surface area (Å²) in [7, 11) is 1.87. The lowest BCUT2D eigenvalue weighted by Gasteiger charge is -2.62. The smallest absolute Gasteiger partial charge is 0.248 e. The first kappa shape index (κ1) is 20.2. The number of nitrogens with two attached hydrogens (primary N) is 1. The molecule has 1 heterocycles. The first-order chi connectivity index (χ1) is 13.1. The van der Waals surface area contributed by atoms with Crippen LogP contribution in [0, 0.1) is 17.3 Å². The molecule has 4 nitrogen and oxygen atoms in total. The molecule has 0 aromatic heterocycles. The first-order valence-electron chi connectivity index (χ1n) is 10.8. The van der Waals surface area contributed by atoms with Crippen molar-refractivity contribution >= 4 is 18.3 Å². The molecule has 1 aromatic rings. The molecule has 1 aromatic carbocycles. The average Bonchev–Trinajstić information content (AvgIpc) is 2.58. The van der Waals surface area contributed by atoms with Crippen molar-refractivity contribution in [3.05, 3.63) is 35.4 Å². The van der Waals surface area contributed by atoms with Crippen molar-refractivity contribution in [1.29, 1.82) is 0 Å². The van der Waals surface area contributed by atoms with Crippen LogP contribution in [0.1, 0.15) is 67.3 Å². The summed E-state index contributed by atoms with van der Waals surface area (Å²) in [6.45, 7) is 2.26. The number of primary amides is 1. The molecule has 4 aliphatic rings. The summed E-state index contributed by atoms with van der Waals surface area (Å²) in [6, 6.07) is 8.69. The van der Waals surface area contributed by atoms with Crippen LogP contribution < -0.4 is 5.73 Å². The maximum Gasteiger partial charge on any atom is 0.248 e. The summed E-state index contributed by atoms with van der Waals surface area (Å²) in [4.78, 5) is 14.5. The van der Waals surface area contributed by atoms with Crippen molar-refractivity contribution in [1.82, 2.24) is 4.90 Å². The number of benzene rings is 1. The SMILES string of the molecule is CO[C@]1(c2cccc(C(N)=O)c2)[C@@H]2CCC[C@H]1CN(C1CC3(CCC3)C1)C2.Cl. The van der Waals surface area contributed by atoms with Crippen molar-refractivity contribution in [2.75, 3.05) is 20.2 Å². The summed E-state index contributed by atoms with van der Waals surface area (Å²) >= 11 is 0. The normalized spacial score (nSPS) is 34.2. The van der Waals surface area contributed by atoms with Gasteiger partial charge >= 0.3 is 0 Å². The van der Waals surface area contributed by atoms with E-state index in [0.717, 1.165) is 30.1 Å². The Morgan fingerprint density at radius 3 is 2.36 bits per heavy atom.